The Balaban J connectivity index is 1.91. The van der Waals surface area contributed by atoms with Crippen LogP contribution in [0.25, 0.3) is 0 Å². The molecule has 0 aromatic carbocycles. The molecule has 1 atom stereocenters. The number of fused-ring (bicyclic) bond motifs is 1. The van der Waals surface area contributed by atoms with Gasteiger partial charge in [0.05, 0.1) is 11.0 Å². The van der Waals surface area contributed by atoms with Crippen molar-refractivity contribution in [2.75, 3.05) is 11.4 Å². The van der Waals surface area contributed by atoms with Crippen molar-refractivity contribution in [1.29, 1.82) is 0 Å². The van der Waals surface area contributed by atoms with Gasteiger partial charge in [0.1, 0.15) is 12.0 Å². The summed E-state index contributed by atoms with van der Waals surface area (Å²) in [6.45, 7) is 7.73. The molecule has 3 rings (SSSR count). The average Bonchev–Trinajstić information content (AvgIpc) is 3.05. The van der Waals surface area contributed by atoms with Crippen LogP contribution in [0.3, 0.4) is 0 Å². The molecule has 112 valence electrons. The van der Waals surface area contributed by atoms with E-state index in [1.807, 2.05) is 11.8 Å². The fourth-order valence-electron chi connectivity index (χ4n) is 2.57. The zero-order chi connectivity index (χ0) is 15.1. The molecule has 0 aliphatic carbocycles. The molecule has 0 unspecified atom stereocenters. The van der Waals surface area contributed by atoms with E-state index in [0.717, 1.165) is 36.1 Å². The minimum Gasteiger partial charge on any atom is -0.336 e. The van der Waals surface area contributed by atoms with E-state index in [9.17, 15) is 10.1 Å². The summed E-state index contributed by atoms with van der Waals surface area (Å²) in [7, 11) is 0. The number of nitro groups is 1. The van der Waals surface area contributed by atoms with Crippen molar-refractivity contribution in [2.24, 2.45) is 0 Å². The summed E-state index contributed by atoms with van der Waals surface area (Å²) in [5, 5.41) is 20.1. The molecular weight excluding hydrogens is 292 g/mol. The molecule has 3 heterocycles. The summed E-state index contributed by atoms with van der Waals surface area (Å²) in [5.74, 6) is 2.20. The molecule has 0 saturated heterocycles. The highest BCUT2D eigenvalue weighted by Crippen LogP contribution is 2.35. The SMILES string of the molecule is CC(C)c1nnc2n1CCN(c1ncc([N+](=O)[O-])s1)[C@H]2C. The van der Waals surface area contributed by atoms with Crippen LogP contribution in [0.2, 0.25) is 0 Å². The van der Waals surface area contributed by atoms with Crippen LogP contribution in [-0.4, -0.2) is 31.2 Å². The van der Waals surface area contributed by atoms with E-state index in [1.54, 1.807) is 0 Å². The van der Waals surface area contributed by atoms with Gasteiger partial charge in [0.2, 0.25) is 0 Å². The Hall–Kier alpha value is -2.03. The van der Waals surface area contributed by atoms with Crippen LogP contribution in [0.4, 0.5) is 10.1 Å². The molecule has 8 nitrogen and oxygen atoms in total. The third kappa shape index (κ3) is 2.27. The number of anilines is 1. The summed E-state index contributed by atoms with van der Waals surface area (Å²) in [6.07, 6.45) is 1.31. The van der Waals surface area contributed by atoms with Gasteiger partial charge in [0.25, 0.3) is 0 Å². The molecule has 1 aliphatic rings. The molecule has 0 spiro atoms. The highest BCUT2D eigenvalue weighted by Gasteiger charge is 2.31. The van der Waals surface area contributed by atoms with Crippen molar-refractivity contribution in [3.05, 3.63) is 28.0 Å². The number of nitrogens with zero attached hydrogens (tertiary/aromatic N) is 6. The first-order chi connectivity index (χ1) is 9.99. The quantitative estimate of drug-likeness (QED) is 0.638. The molecule has 2 aromatic heterocycles. The highest BCUT2D eigenvalue weighted by molar-refractivity contribution is 7.18. The van der Waals surface area contributed by atoms with Crippen LogP contribution in [0.15, 0.2) is 6.20 Å². The van der Waals surface area contributed by atoms with Gasteiger partial charge in [-0.15, -0.1) is 10.2 Å². The number of hydrogen-bond donors (Lipinski definition) is 0. The molecule has 0 N–H and O–H groups in total. The van der Waals surface area contributed by atoms with Crippen LogP contribution in [0.5, 0.6) is 0 Å². The summed E-state index contributed by atoms with van der Waals surface area (Å²) < 4.78 is 2.15. The zero-order valence-corrected chi connectivity index (χ0v) is 12.9. The van der Waals surface area contributed by atoms with Crippen molar-refractivity contribution in [3.8, 4) is 0 Å². The molecule has 21 heavy (non-hydrogen) atoms. The van der Waals surface area contributed by atoms with Crippen molar-refractivity contribution >= 4 is 21.5 Å². The van der Waals surface area contributed by atoms with Gasteiger partial charge in [-0.2, -0.15) is 0 Å². The molecule has 1 aliphatic heterocycles. The maximum Gasteiger partial charge on any atom is 0.345 e. The van der Waals surface area contributed by atoms with Crippen molar-refractivity contribution < 1.29 is 4.92 Å². The van der Waals surface area contributed by atoms with E-state index in [1.165, 1.54) is 6.20 Å². The lowest BCUT2D eigenvalue weighted by molar-refractivity contribution is -0.380. The van der Waals surface area contributed by atoms with E-state index < -0.39 is 4.92 Å². The third-order valence-corrected chi connectivity index (χ3v) is 4.62. The number of thiazole rings is 1. The van der Waals surface area contributed by atoms with E-state index in [0.29, 0.717) is 11.0 Å². The van der Waals surface area contributed by atoms with E-state index in [-0.39, 0.29) is 11.0 Å². The summed E-state index contributed by atoms with van der Waals surface area (Å²) in [6, 6.07) is 0.00417. The number of aromatic nitrogens is 4. The van der Waals surface area contributed by atoms with Crippen LogP contribution < -0.4 is 4.90 Å². The summed E-state index contributed by atoms with van der Waals surface area (Å²) in [4.78, 5) is 16.6. The Labute approximate surface area is 125 Å². The van der Waals surface area contributed by atoms with Gasteiger partial charge in [0.15, 0.2) is 11.0 Å². The van der Waals surface area contributed by atoms with Crippen molar-refractivity contribution in [3.63, 3.8) is 0 Å². The Morgan fingerprint density at radius 1 is 1.43 bits per heavy atom. The Bertz CT molecular complexity index is 679. The van der Waals surface area contributed by atoms with Crippen LogP contribution in [0.1, 0.15) is 44.4 Å². The predicted octanol–water partition coefficient (Wildman–Crippen LogP) is 2.35. The fourth-order valence-corrected chi connectivity index (χ4v) is 3.41. The van der Waals surface area contributed by atoms with Gasteiger partial charge >= 0.3 is 5.00 Å². The van der Waals surface area contributed by atoms with E-state index in [2.05, 4.69) is 33.6 Å². The van der Waals surface area contributed by atoms with Crippen LogP contribution in [0, 0.1) is 10.1 Å². The molecule has 9 heteroatoms. The van der Waals surface area contributed by atoms with Gasteiger partial charge in [-0.05, 0) is 18.3 Å². The minimum atomic E-state index is -0.408. The smallest absolute Gasteiger partial charge is 0.336 e. The fraction of sp³-hybridized carbons (Fsp3) is 0.583. The lowest BCUT2D eigenvalue weighted by Crippen LogP contribution is -2.37. The van der Waals surface area contributed by atoms with Gasteiger partial charge in [0, 0.05) is 19.0 Å². The van der Waals surface area contributed by atoms with E-state index >= 15 is 0 Å². The Morgan fingerprint density at radius 3 is 2.81 bits per heavy atom. The number of hydrogen-bond acceptors (Lipinski definition) is 7. The van der Waals surface area contributed by atoms with Gasteiger partial charge in [-0.1, -0.05) is 13.8 Å². The molecule has 0 radical (unpaired) electrons. The molecule has 2 aromatic rings. The first-order valence-corrected chi connectivity index (χ1v) is 7.60. The van der Waals surface area contributed by atoms with Crippen LogP contribution in [-0.2, 0) is 6.54 Å². The van der Waals surface area contributed by atoms with E-state index in [4.69, 9.17) is 0 Å². The lowest BCUT2D eigenvalue weighted by atomic mass is 10.1. The predicted molar refractivity (Wildman–Crippen MR) is 78.6 cm³/mol. The summed E-state index contributed by atoms with van der Waals surface area (Å²) >= 11 is 1.10. The molecule has 0 amide bonds. The molecule has 0 saturated carbocycles. The normalized spacial score (nSPS) is 18.1. The Morgan fingerprint density at radius 2 is 2.19 bits per heavy atom. The maximum absolute atomic E-state index is 10.8. The first-order valence-electron chi connectivity index (χ1n) is 6.79. The lowest BCUT2D eigenvalue weighted by Gasteiger charge is -2.33. The molecule has 0 bridgehead atoms. The molecular formula is C12H16N6O2S. The standard InChI is InChI=1S/C12H16N6O2S/c1-7(2)10-14-15-11-8(3)16(4-5-17(10)11)12-13-6-9(21-12)18(19)20/h6-8H,4-5H2,1-3H3/t8-/m0/s1. The summed E-state index contributed by atoms with van der Waals surface area (Å²) in [5.41, 5.74) is 0. The number of rotatable bonds is 3. The zero-order valence-electron chi connectivity index (χ0n) is 12.1. The maximum atomic E-state index is 10.8. The minimum absolute atomic E-state index is 0.00417. The van der Waals surface area contributed by atoms with Crippen LogP contribution >= 0.6 is 11.3 Å². The molecule has 0 fully saturated rings. The topological polar surface area (TPSA) is 90.0 Å². The van der Waals surface area contributed by atoms with Crippen molar-refractivity contribution in [1.82, 2.24) is 19.7 Å². The van der Waals surface area contributed by atoms with Gasteiger partial charge in [-0.3, -0.25) is 10.1 Å². The second-order valence-electron chi connectivity index (χ2n) is 5.33. The first kappa shape index (κ1) is 13.9. The van der Waals surface area contributed by atoms with Gasteiger partial charge < -0.3 is 9.47 Å². The van der Waals surface area contributed by atoms with Crippen molar-refractivity contribution in [2.45, 2.75) is 39.3 Å². The average molecular weight is 308 g/mol. The second-order valence-corrected chi connectivity index (χ2v) is 6.32. The van der Waals surface area contributed by atoms with Gasteiger partial charge in [-0.25, -0.2) is 4.98 Å². The highest BCUT2D eigenvalue weighted by atomic mass is 32.1. The largest absolute Gasteiger partial charge is 0.345 e. The second kappa shape index (κ2) is 5.06. The Kier molecular flexibility index (Phi) is 3.36. The third-order valence-electron chi connectivity index (χ3n) is 3.64. The monoisotopic (exact) mass is 308 g/mol.